The van der Waals surface area contributed by atoms with Gasteiger partial charge in [-0.1, -0.05) is 237 Å². The molecule has 8 atom stereocenters. The van der Waals surface area contributed by atoms with E-state index in [1.54, 1.807) is 6.08 Å². The normalized spacial score (nSPS) is 19.7. The van der Waals surface area contributed by atoms with E-state index in [0.29, 0.717) is 12.8 Å². The van der Waals surface area contributed by atoms with Crippen LogP contribution in [0.25, 0.3) is 0 Å². The molecule has 1 fully saturated rings. The minimum Gasteiger partial charge on any atom is -0.454 e. The number of aliphatic hydroxyl groups is 5. The van der Waals surface area contributed by atoms with Crippen molar-refractivity contribution in [2.24, 2.45) is 0 Å². The summed E-state index contributed by atoms with van der Waals surface area (Å²) in [5.74, 6) is -1.20. The van der Waals surface area contributed by atoms with Crippen molar-refractivity contribution in [3.63, 3.8) is 0 Å². The van der Waals surface area contributed by atoms with Gasteiger partial charge in [-0.05, 0) is 70.6 Å². The Bertz CT molecular complexity index is 1310. The SMILES string of the molecule is CCCC/C=C\CCCCCCC(O)C(=O)NC(COC1OC(CO)C(O)C(O)C1OC(=O)CCCCCCCCCCCCC/C=C/CCCCCCCC)C(O)/C=C/CCCCCCCCCCCC. The first-order valence-electron chi connectivity index (χ1n) is 30.3. The summed E-state index contributed by atoms with van der Waals surface area (Å²) >= 11 is 0. The summed E-state index contributed by atoms with van der Waals surface area (Å²) in [6, 6.07) is -1.02. The number of allylic oxidation sites excluding steroid dienone is 5. The Labute approximate surface area is 441 Å². The van der Waals surface area contributed by atoms with Crippen LogP contribution in [-0.4, -0.2) is 99.6 Å². The van der Waals surface area contributed by atoms with E-state index in [9.17, 15) is 35.1 Å². The van der Waals surface area contributed by atoms with Gasteiger partial charge in [-0.2, -0.15) is 0 Å². The minimum absolute atomic E-state index is 0.124. The van der Waals surface area contributed by atoms with Gasteiger partial charge >= 0.3 is 5.97 Å². The van der Waals surface area contributed by atoms with Gasteiger partial charge in [0.05, 0.1) is 25.4 Å². The molecule has 0 saturated carbocycles. The van der Waals surface area contributed by atoms with Gasteiger partial charge in [0, 0.05) is 6.42 Å². The van der Waals surface area contributed by atoms with Crippen molar-refractivity contribution < 1.29 is 49.3 Å². The lowest BCUT2D eigenvalue weighted by Crippen LogP contribution is -2.61. The van der Waals surface area contributed by atoms with Gasteiger partial charge in [-0.15, -0.1) is 0 Å². The highest BCUT2D eigenvalue weighted by Gasteiger charge is 2.47. The molecule has 11 heteroatoms. The number of amides is 1. The molecule has 0 aromatic carbocycles. The maximum atomic E-state index is 13.3. The monoisotopic (exact) mass is 1020 g/mol. The molecule has 8 unspecified atom stereocenters. The van der Waals surface area contributed by atoms with E-state index in [0.717, 1.165) is 70.6 Å². The minimum atomic E-state index is -1.61. The number of rotatable bonds is 51. The Hall–Kier alpha value is -2.12. The van der Waals surface area contributed by atoms with E-state index in [2.05, 4.69) is 50.4 Å². The van der Waals surface area contributed by atoms with Crippen LogP contribution in [0, 0.1) is 0 Å². The van der Waals surface area contributed by atoms with Crippen LogP contribution in [0.15, 0.2) is 36.5 Å². The molecular formula is C61H113NO10. The zero-order chi connectivity index (χ0) is 52.5. The molecule has 0 spiro atoms. The van der Waals surface area contributed by atoms with E-state index < -0.39 is 67.4 Å². The molecule has 1 rings (SSSR count). The number of carbonyl (C=O) groups is 2. The summed E-state index contributed by atoms with van der Waals surface area (Å²) in [7, 11) is 0. The molecule has 11 nitrogen and oxygen atoms in total. The van der Waals surface area contributed by atoms with Gasteiger partial charge in [-0.25, -0.2) is 0 Å². The average molecular weight is 1020 g/mol. The molecule has 6 N–H and O–H groups in total. The fourth-order valence-corrected chi connectivity index (χ4v) is 9.39. The van der Waals surface area contributed by atoms with Gasteiger partial charge in [-0.3, -0.25) is 9.59 Å². The largest absolute Gasteiger partial charge is 0.454 e. The van der Waals surface area contributed by atoms with E-state index in [1.165, 1.54) is 161 Å². The number of carbonyl (C=O) groups excluding carboxylic acids is 2. The second-order valence-electron chi connectivity index (χ2n) is 21.1. The number of aliphatic hydroxyl groups excluding tert-OH is 5. The lowest BCUT2D eigenvalue weighted by molar-refractivity contribution is -0.305. The molecule has 0 aliphatic carbocycles. The van der Waals surface area contributed by atoms with Crippen LogP contribution in [0.2, 0.25) is 0 Å². The zero-order valence-electron chi connectivity index (χ0n) is 46.6. The van der Waals surface area contributed by atoms with Gasteiger partial charge in [0.25, 0.3) is 0 Å². The van der Waals surface area contributed by atoms with E-state index in [4.69, 9.17) is 14.2 Å². The number of esters is 1. The van der Waals surface area contributed by atoms with Crippen LogP contribution in [0.4, 0.5) is 0 Å². The summed E-state index contributed by atoms with van der Waals surface area (Å²) in [6.45, 7) is 5.74. The third kappa shape index (κ3) is 37.6. The maximum absolute atomic E-state index is 13.3. The molecule has 1 aliphatic rings. The number of unbranched alkanes of at least 4 members (excludes halogenated alkanes) is 33. The lowest BCUT2D eigenvalue weighted by Gasteiger charge is -2.41. The van der Waals surface area contributed by atoms with Gasteiger partial charge in [0.15, 0.2) is 12.4 Å². The Morgan fingerprint density at radius 2 is 0.931 bits per heavy atom. The Balaban J connectivity index is 2.63. The van der Waals surface area contributed by atoms with Crippen molar-refractivity contribution in [2.75, 3.05) is 13.2 Å². The Morgan fingerprint density at radius 1 is 0.528 bits per heavy atom. The molecule has 0 aromatic heterocycles. The van der Waals surface area contributed by atoms with Crippen molar-refractivity contribution >= 4 is 11.9 Å². The topological polar surface area (TPSA) is 175 Å². The van der Waals surface area contributed by atoms with Crippen molar-refractivity contribution in [2.45, 2.75) is 327 Å². The molecule has 422 valence electrons. The summed E-state index contributed by atoms with van der Waals surface area (Å²) in [5.41, 5.74) is 0. The van der Waals surface area contributed by atoms with Crippen molar-refractivity contribution in [1.29, 1.82) is 0 Å². The Kier molecular flexibility index (Phi) is 46.9. The van der Waals surface area contributed by atoms with Crippen molar-refractivity contribution in [3.8, 4) is 0 Å². The molecule has 1 aliphatic heterocycles. The number of hydrogen-bond donors (Lipinski definition) is 6. The predicted octanol–water partition coefficient (Wildman–Crippen LogP) is 13.9. The van der Waals surface area contributed by atoms with Crippen LogP contribution in [-0.2, 0) is 23.8 Å². The first-order chi connectivity index (χ1) is 35.2. The van der Waals surface area contributed by atoms with Gasteiger partial charge in [0.1, 0.15) is 24.4 Å². The second kappa shape index (κ2) is 49.7. The van der Waals surface area contributed by atoms with E-state index in [-0.39, 0.29) is 19.4 Å². The third-order valence-corrected chi connectivity index (χ3v) is 14.3. The number of nitrogens with one attached hydrogen (secondary N) is 1. The third-order valence-electron chi connectivity index (χ3n) is 14.3. The molecular weight excluding hydrogens is 907 g/mol. The molecule has 0 bridgehead atoms. The molecule has 1 heterocycles. The average Bonchev–Trinajstić information content (AvgIpc) is 3.38. The fourth-order valence-electron chi connectivity index (χ4n) is 9.39. The molecule has 1 saturated heterocycles. The summed E-state index contributed by atoms with van der Waals surface area (Å²) in [6.07, 6.45) is 47.7. The summed E-state index contributed by atoms with van der Waals surface area (Å²) in [4.78, 5) is 26.4. The zero-order valence-corrected chi connectivity index (χ0v) is 46.6. The standard InChI is InChI=1S/C61H113NO10/c1-4-7-10-13-16-19-22-24-25-26-27-28-29-30-31-32-34-37-40-43-46-49-56(66)72-59-58(68)57(67)55(50-63)71-61(59)70-51-52(53(64)47-44-41-38-36-33-23-20-17-14-11-8-5-2)62-60(69)54(65)48-45-42-39-35-21-18-15-12-9-6-3/h15,18,24-25,44,47,52-55,57-59,61,63-65,67-68H,4-14,16-17,19-23,26-43,45-46,48-51H2,1-3H3,(H,62,69)/b18-15-,25-24+,47-44+. The first-order valence-corrected chi connectivity index (χ1v) is 30.3. The van der Waals surface area contributed by atoms with Crippen molar-refractivity contribution in [3.05, 3.63) is 36.5 Å². The maximum Gasteiger partial charge on any atom is 0.306 e. The Morgan fingerprint density at radius 3 is 1.39 bits per heavy atom. The summed E-state index contributed by atoms with van der Waals surface area (Å²) < 4.78 is 17.6. The van der Waals surface area contributed by atoms with Crippen LogP contribution < -0.4 is 5.32 Å². The second-order valence-corrected chi connectivity index (χ2v) is 21.1. The molecule has 0 radical (unpaired) electrons. The molecule has 0 aromatic rings. The predicted molar refractivity (Wildman–Crippen MR) is 297 cm³/mol. The molecule has 1 amide bonds. The smallest absolute Gasteiger partial charge is 0.306 e. The quantitative estimate of drug-likeness (QED) is 0.0195. The summed E-state index contributed by atoms with van der Waals surface area (Å²) in [5, 5.41) is 56.8. The number of ether oxygens (including phenoxy) is 3. The lowest BCUT2D eigenvalue weighted by atomic mass is 9.99. The van der Waals surface area contributed by atoms with Crippen LogP contribution >= 0.6 is 0 Å². The van der Waals surface area contributed by atoms with Crippen LogP contribution in [0.3, 0.4) is 0 Å². The van der Waals surface area contributed by atoms with Crippen molar-refractivity contribution in [1.82, 2.24) is 5.32 Å². The fraction of sp³-hybridized carbons (Fsp3) is 0.869. The van der Waals surface area contributed by atoms with Gasteiger partial charge < -0.3 is 45.1 Å². The highest BCUT2D eigenvalue weighted by atomic mass is 16.7. The highest BCUT2D eigenvalue weighted by molar-refractivity contribution is 5.80. The number of hydrogen-bond acceptors (Lipinski definition) is 10. The van der Waals surface area contributed by atoms with E-state index >= 15 is 0 Å². The van der Waals surface area contributed by atoms with Crippen LogP contribution in [0.5, 0.6) is 0 Å². The molecule has 72 heavy (non-hydrogen) atoms. The van der Waals surface area contributed by atoms with Crippen LogP contribution in [0.1, 0.15) is 278 Å². The van der Waals surface area contributed by atoms with Gasteiger partial charge in [0.2, 0.25) is 5.91 Å². The first kappa shape index (κ1) is 67.9. The highest BCUT2D eigenvalue weighted by Crippen LogP contribution is 2.26. The van der Waals surface area contributed by atoms with E-state index in [1.807, 2.05) is 6.08 Å².